The molecule has 0 amide bonds. The van der Waals surface area contributed by atoms with Gasteiger partial charge in [-0.05, 0) is 30.5 Å². The topological polar surface area (TPSA) is 49.8 Å². The predicted octanol–water partition coefficient (Wildman–Crippen LogP) is 3.73. The third-order valence-corrected chi connectivity index (χ3v) is 5.50. The van der Waals surface area contributed by atoms with Crippen LogP contribution in [0.5, 0.6) is 0 Å². The zero-order valence-electron chi connectivity index (χ0n) is 12.6. The quantitative estimate of drug-likeness (QED) is 0.868. The molecule has 0 aromatic heterocycles. The molecule has 0 bridgehead atoms. The zero-order chi connectivity index (χ0) is 15.7. The predicted molar refractivity (Wildman–Crippen MR) is 92.6 cm³/mol. The van der Waals surface area contributed by atoms with Crippen LogP contribution in [-0.4, -0.2) is 42.3 Å². The Morgan fingerprint density at radius 2 is 2.04 bits per heavy atom. The number of halogens is 3. The van der Waals surface area contributed by atoms with Crippen molar-refractivity contribution < 1.29 is 14.6 Å². The minimum Gasteiger partial charge on any atom is -0.481 e. The van der Waals surface area contributed by atoms with Gasteiger partial charge >= 0.3 is 5.97 Å². The molecule has 1 spiro atoms. The first-order chi connectivity index (χ1) is 10.5. The number of benzene rings is 1. The second-order valence-electron chi connectivity index (χ2n) is 6.27. The van der Waals surface area contributed by atoms with E-state index in [4.69, 9.17) is 27.9 Å². The normalized spacial score (nSPS) is 23.7. The van der Waals surface area contributed by atoms with Gasteiger partial charge in [-0.1, -0.05) is 29.3 Å². The first kappa shape index (κ1) is 18.8. The molecule has 128 valence electrons. The monoisotopic (exact) mass is 379 g/mol. The highest BCUT2D eigenvalue weighted by Crippen LogP contribution is 2.45. The summed E-state index contributed by atoms with van der Waals surface area (Å²) >= 11 is 12.2. The van der Waals surface area contributed by atoms with Gasteiger partial charge in [-0.25, -0.2) is 0 Å². The van der Waals surface area contributed by atoms with E-state index in [0.717, 1.165) is 24.9 Å². The molecule has 2 saturated heterocycles. The molecule has 0 saturated carbocycles. The molecule has 2 fully saturated rings. The Balaban J connectivity index is 0.00000192. The highest BCUT2D eigenvalue weighted by Gasteiger charge is 2.50. The third-order valence-electron chi connectivity index (χ3n) is 4.91. The van der Waals surface area contributed by atoms with Crippen LogP contribution in [-0.2, 0) is 16.1 Å². The van der Waals surface area contributed by atoms with Crippen LogP contribution < -0.4 is 0 Å². The molecule has 7 heteroatoms. The lowest BCUT2D eigenvalue weighted by molar-refractivity contribution is -0.146. The zero-order valence-corrected chi connectivity index (χ0v) is 15.0. The molecule has 1 unspecified atom stereocenters. The van der Waals surface area contributed by atoms with Crippen LogP contribution >= 0.6 is 35.6 Å². The maximum absolute atomic E-state index is 11.7. The lowest BCUT2D eigenvalue weighted by Crippen LogP contribution is -2.40. The van der Waals surface area contributed by atoms with E-state index in [-0.39, 0.29) is 23.7 Å². The van der Waals surface area contributed by atoms with E-state index in [1.807, 2.05) is 12.1 Å². The Morgan fingerprint density at radius 1 is 1.35 bits per heavy atom. The summed E-state index contributed by atoms with van der Waals surface area (Å²) < 4.78 is 5.42. The lowest BCUT2D eigenvalue weighted by Gasteiger charge is -2.36. The van der Waals surface area contributed by atoms with E-state index < -0.39 is 5.97 Å². The Morgan fingerprint density at radius 3 is 2.65 bits per heavy atom. The summed E-state index contributed by atoms with van der Waals surface area (Å²) in [6.45, 7) is 3.31. The van der Waals surface area contributed by atoms with Gasteiger partial charge in [-0.3, -0.25) is 9.69 Å². The minimum atomic E-state index is -0.702. The van der Waals surface area contributed by atoms with Crippen molar-refractivity contribution in [1.82, 2.24) is 4.90 Å². The number of rotatable bonds is 3. The fourth-order valence-electron chi connectivity index (χ4n) is 3.71. The maximum Gasteiger partial charge on any atom is 0.308 e. The molecule has 2 heterocycles. The molecule has 1 aromatic rings. The summed E-state index contributed by atoms with van der Waals surface area (Å²) in [6.07, 6.45) is 1.63. The van der Waals surface area contributed by atoms with Gasteiger partial charge in [0.1, 0.15) is 0 Å². The van der Waals surface area contributed by atoms with E-state index in [0.29, 0.717) is 36.3 Å². The first-order valence-corrected chi connectivity index (χ1v) is 8.23. The van der Waals surface area contributed by atoms with Crippen LogP contribution in [0.2, 0.25) is 10.0 Å². The number of hydrogen-bond acceptors (Lipinski definition) is 3. The Labute approximate surface area is 152 Å². The van der Waals surface area contributed by atoms with Crippen molar-refractivity contribution in [1.29, 1.82) is 0 Å². The Bertz CT molecular complexity index is 576. The van der Waals surface area contributed by atoms with Gasteiger partial charge in [-0.2, -0.15) is 0 Å². The molecule has 2 aliphatic rings. The highest BCUT2D eigenvalue weighted by molar-refractivity contribution is 6.35. The number of carbonyl (C=O) groups is 1. The minimum absolute atomic E-state index is 0. The van der Waals surface area contributed by atoms with E-state index >= 15 is 0 Å². The summed E-state index contributed by atoms with van der Waals surface area (Å²) in [5.74, 6) is -1.03. The van der Waals surface area contributed by atoms with Gasteiger partial charge in [0.2, 0.25) is 0 Å². The van der Waals surface area contributed by atoms with Crippen LogP contribution in [0.25, 0.3) is 0 Å². The van der Waals surface area contributed by atoms with Crippen LogP contribution in [0.15, 0.2) is 18.2 Å². The number of likely N-dealkylation sites (tertiary alicyclic amines) is 1. The van der Waals surface area contributed by atoms with E-state index in [2.05, 4.69) is 4.90 Å². The van der Waals surface area contributed by atoms with Crippen LogP contribution in [0, 0.1) is 11.3 Å². The maximum atomic E-state index is 11.7. The standard InChI is InChI=1S/C16H19Cl2NO3.ClH/c17-12-2-1-11(14(18)7-12)8-19-9-13(15(20)21)16(10-19)3-5-22-6-4-16;/h1-2,7,13H,3-6,8-10H2,(H,20,21);1H. The number of nitrogens with zero attached hydrogens (tertiary/aromatic N) is 1. The molecule has 3 rings (SSSR count). The van der Waals surface area contributed by atoms with Gasteiger partial charge in [0.05, 0.1) is 5.92 Å². The molecule has 1 N–H and O–H groups in total. The lowest BCUT2D eigenvalue weighted by atomic mass is 9.72. The largest absolute Gasteiger partial charge is 0.481 e. The molecular formula is C16H20Cl3NO3. The number of carboxylic acid groups (broad SMARTS) is 1. The smallest absolute Gasteiger partial charge is 0.308 e. The number of ether oxygens (including phenoxy) is 1. The average Bonchev–Trinajstić information content (AvgIpc) is 2.81. The van der Waals surface area contributed by atoms with Crippen molar-refractivity contribution in [2.75, 3.05) is 26.3 Å². The SMILES string of the molecule is Cl.O=C(O)C1CN(Cc2ccc(Cl)cc2Cl)CC12CCOCC2. The Kier molecular flexibility index (Phi) is 6.20. The fraction of sp³-hybridized carbons (Fsp3) is 0.562. The number of carboxylic acids is 1. The number of hydrogen-bond donors (Lipinski definition) is 1. The van der Waals surface area contributed by atoms with Crippen molar-refractivity contribution in [3.8, 4) is 0 Å². The van der Waals surface area contributed by atoms with Gasteiger partial charge < -0.3 is 9.84 Å². The van der Waals surface area contributed by atoms with Crippen molar-refractivity contribution in [3.63, 3.8) is 0 Å². The van der Waals surface area contributed by atoms with Crippen molar-refractivity contribution in [2.24, 2.45) is 11.3 Å². The molecule has 23 heavy (non-hydrogen) atoms. The highest BCUT2D eigenvalue weighted by atomic mass is 35.5. The summed E-state index contributed by atoms with van der Waals surface area (Å²) in [4.78, 5) is 13.9. The van der Waals surface area contributed by atoms with E-state index in [9.17, 15) is 9.90 Å². The van der Waals surface area contributed by atoms with Crippen molar-refractivity contribution in [3.05, 3.63) is 33.8 Å². The Hall–Kier alpha value is -0.520. The average molecular weight is 381 g/mol. The molecular weight excluding hydrogens is 361 g/mol. The van der Waals surface area contributed by atoms with Gasteiger partial charge in [0.15, 0.2) is 0 Å². The van der Waals surface area contributed by atoms with Crippen molar-refractivity contribution >= 4 is 41.6 Å². The molecule has 1 atom stereocenters. The van der Waals surface area contributed by atoms with Crippen LogP contribution in [0.4, 0.5) is 0 Å². The first-order valence-electron chi connectivity index (χ1n) is 7.47. The summed E-state index contributed by atoms with van der Waals surface area (Å²) in [7, 11) is 0. The summed E-state index contributed by atoms with van der Waals surface area (Å²) in [5, 5.41) is 10.8. The van der Waals surface area contributed by atoms with Crippen LogP contribution in [0.1, 0.15) is 18.4 Å². The van der Waals surface area contributed by atoms with E-state index in [1.54, 1.807) is 6.07 Å². The molecule has 2 aliphatic heterocycles. The molecule has 1 aromatic carbocycles. The van der Waals surface area contributed by atoms with Gasteiger partial charge in [-0.15, -0.1) is 12.4 Å². The van der Waals surface area contributed by atoms with E-state index in [1.165, 1.54) is 0 Å². The fourth-order valence-corrected chi connectivity index (χ4v) is 4.18. The summed E-state index contributed by atoms with van der Waals surface area (Å²) in [6, 6.07) is 5.46. The second kappa shape index (κ2) is 7.58. The van der Waals surface area contributed by atoms with Crippen molar-refractivity contribution in [2.45, 2.75) is 19.4 Å². The number of aliphatic carboxylic acids is 1. The molecule has 0 aliphatic carbocycles. The molecule has 0 radical (unpaired) electrons. The van der Waals surface area contributed by atoms with Crippen LogP contribution in [0.3, 0.4) is 0 Å². The second-order valence-corrected chi connectivity index (χ2v) is 7.11. The van der Waals surface area contributed by atoms with Gasteiger partial charge in [0.25, 0.3) is 0 Å². The third kappa shape index (κ3) is 3.94. The van der Waals surface area contributed by atoms with Gasteiger partial charge in [0, 0.05) is 48.3 Å². The summed E-state index contributed by atoms with van der Waals surface area (Å²) in [5.41, 5.74) is 0.822. The molecule has 4 nitrogen and oxygen atoms in total.